The van der Waals surface area contributed by atoms with Crippen LogP contribution in [0.4, 0.5) is 11.6 Å². The molecule has 0 atom stereocenters. The number of nitrogens with two attached hydrogens (primary N) is 1. The Bertz CT molecular complexity index is 411. The number of rotatable bonds is 6. The average molecular weight is 248 g/mol. The lowest BCUT2D eigenvalue weighted by Crippen LogP contribution is -2.11. The van der Waals surface area contributed by atoms with Crippen LogP contribution in [-0.2, 0) is 0 Å². The molecular weight excluding hydrogens is 224 g/mol. The molecule has 0 aliphatic heterocycles. The Morgan fingerprint density at radius 1 is 1.33 bits per heavy atom. The van der Waals surface area contributed by atoms with Gasteiger partial charge >= 0.3 is 0 Å². The number of hydrogen-bond donors (Lipinski definition) is 2. The maximum Gasteiger partial charge on any atom is 0.135 e. The van der Waals surface area contributed by atoms with Crippen molar-refractivity contribution >= 4 is 11.6 Å². The summed E-state index contributed by atoms with van der Waals surface area (Å²) in [6, 6.07) is 0. The first kappa shape index (κ1) is 13.1. The highest BCUT2D eigenvalue weighted by Crippen LogP contribution is 2.33. The van der Waals surface area contributed by atoms with Crippen molar-refractivity contribution < 1.29 is 0 Å². The molecule has 1 aliphatic rings. The van der Waals surface area contributed by atoms with E-state index >= 15 is 0 Å². The van der Waals surface area contributed by atoms with Crippen LogP contribution in [0.2, 0.25) is 0 Å². The molecule has 1 aromatic heterocycles. The summed E-state index contributed by atoms with van der Waals surface area (Å²) < 4.78 is 0. The molecule has 100 valence electrons. The Hall–Kier alpha value is -1.32. The Balaban J connectivity index is 1.96. The van der Waals surface area contributed by atoms with Crippen LogP contribution < -0.4 is 11.1 Å². The predicted octanol–water partition coefficient (Wildman–Crippen LogP) is 3.09. The zero-order valence-corrected chi connectivity index (χ0v) is 11.7. The van der Waals surface area contributed by atoms with Gasteiger partial charge in [0.15, 0.2) is 0 Å². The molecule has 1 heterocycles. The third-order valence-corrected chi connectivity index (χ3v) is 3.50. The van der Waals surface area contributed by atoms with E-state index in [4.69, 9.17) is 5.73 Å². The van der Waals surface area contributed by atoms with Crippen molar-refractivity contribution in [3.8, 4) is 0 Å². The molecule has 0 saturated heterocycles. The Kier molecular flexibility index (Phi) is 4.04. The van der Waals surface area contributed by atoms with E-state index in [1.54, 1.807) is 0 Å². The zero-order valence-electron chi connectivity index (χ0n) is 11.7. The number of nitrogens with zero attached hydrogens (tertiary/aromatic N) is 2. The Morgan fingerprint density at radius 2 is 2.06 bits per heavy atom. The molecule has 1 aliphatic carbocycles. The number of nitrogen functional groups attached to an aromatic ring is 1. The second-order valence-corrected chi connectivity index (χ2v) is 5.61. The van der Waals surface area contributed by atoms with Crippen LogP contribution in [0.3, 0.4) is 0 Å². The minimum Gasteiger partial charge on any atom is -0.383 e. The van der Waals surface area contributed by atoms with Crippen LogP contribution in [0, 0.1) is 12.8 Å². The standard InChI is InChI=1S/C14H24N4/c1-9(2)13-17-12(15)10(3)14(18-13)16-8-4-5-11-6-7-11/h9,11H,4-8H2,1-3H3,(H3,15,16,17,18). The smallest absolute Gasteiger partial charge is 0.135 e. The van der Waals surface area contributed by atoms with E-state index < -0.39 is 0 Å². The summed E-state index contributed by atoms with van der Waals surface area (Å²) in [6.45, 7) is 7.12. The Morgan fingerprint density at radius 3 is 2.67 bits per heavy atom. The summed E-state index contributed by atoms with van der Waals surface area (Å²) in [6.07, 6.45) is 5.41. The molecule has 3 N–H and O–H groups in total. The van der Waals surface area contributed by atoms with E-state index in [-0.39, 0.29) is 0 Å². The SMILES string of the molecule is Cc1c(N)nc(C(C)C)nc1NCCCC1CC1. The lowest BCUT2D eigenvalue weighted by atomic mass is 10.2. The average Bonchev–Trinajstić information content (AvgIpc) is 3.13. The fraction of sp³-hybridized carbons (Fsp3) is 0.714. The van der Waals surface area contributed by atoms with E-state index in [2.05, 4.69) is 29.1 Å². The van der Waals surface area contributed by atoms with Crippen molar-refractivity contribution in [1.29, 1.82) is 0 Å². The number of anilines is 2. The van der Waals surface area contributed by atoms with Gasteiger partial charge in [0.2, 0.25) is 0 Å². The van der Waals surface area contributed by atoms with Gasteiger partial charge in [-0.25, -0.2) is 9.97 Å². The molecule has 0 amide bonds. The second kappa shape index (κ2) is 5.55. The third-order valence-electron chi connectivity index (χ3n) is 3.50. The minimum atomic E-state index is 0.305. The van der Waals surface area contributed by atoms with Gasteiger partial charge in [-0.1, -0.05) is 26.7 Å². The van der Waals surface area contributed by atoms with E-state index in [0.29, 0.717) is 11.7 Å². The van der Waals surface area contributed by atoms with Crippen molar-refractivity contribution in [1.82, 2.24) is 9.97 Å². The van der Waals surface area contributed by atoms with Crippen molar-refractivity contribution in [2.75, 3.05) is 17.6 Å². The number of hydrogen-bond acceptors (Lipinski definition) is 4. The van der Waals surface area contributed by atoms with Gasteiger partial charge in [0.25, 0.3) is 0 Å². The maximum atomic E-state index is 5.93. The van der Waals surface area contributed by atoms with Gasteiger partial charge in [0.05, 0.1) is 0 Å². The quantitative estimate of drug-likeness (QED) is 0.759. The van der Waals surface area contributed by atoms with E-state index in [0.717, 1.165) is 29.7 Å². The molecule has 0 bridgehead atoms. The van der Waals surface area contributed by atoms with Gasteiger partial charge in [0, 0.05) is 18.0 Å². The molecule has 0 spiro atoms. The summed E-state index contributed by atoms with van der Waals surface area (Å²) >= 11 is 0. The monoisotopic (exact) mass is 248 g/mol. The zero-order chi connectivity index (χ0) is 13.1. The second-order valence-electron chi connectivity index (χ2n) is 5.61. The van der Waals surface area contributed by atoms with Gasteiger partial charge in [-0.15, -0.1) is 0 Å². The molecule has 18 heavy (non-hydrogen) atoms. The molecule has 1 saturated carbocycles. The highest BCUT2D eigenvalue weighted by Gasteiger charge is 2.20. The molecule has 1 aromatic rings. The van der Waals surface area contributed by atoms with Crippen LogP contribution >= 0.6 is 0 Å². The summed E-state index contributed by atoms with van der Waals surface area (Å²) in [5.74, 6) is 3.62. The van der Waals surface area contributed by atoms with Crippen LogP contribution in [0.1, 0.15) is 56.8 Å². The molecule has 4 nitrogen and oxygen atoms in total. The summed E-state index contributed by atoms with van der Waals surface area (Å²) in [4.78, 5) is 8.89. The first-order valence-corrected chi connectivity index (χ1v) is 6.95. The van der Waals surface area contributed by atoms with Gasteiger partial charge in [-0.2, -0.15) is 0 Å². The predicted molar refractivity (Wildman–Crippen MR) is 75.7 cm³/mol. The first-order chi connectivity index (χ1) is 8.58. The number of aromatic nitrogens is 2. The molecule has 2 rings (SSSR count). The summed E-state index contributed by atoms with van der Waals surface area (Å²) in [5.41, 5.74) is 6.89. The largest absolute Gasteiger partial charge is 0.383 e. The van der Waals surface area contributed by atoms with E-state index in [1.165, 1.54) is 25.7 Å². The van der Waals surface area contributed by atoms with Crippen LogP contribution in [0.15, 0.2) is 0 Å². The normalized spacial score (nSPS) is 15.1. The van der Waals surface area contributed by atoms with Gasteiger partial charge in [-0.3, -0.25) is 0 Å². The fourth-order valence-corrected chi connectivity index (χ4v) is 1.99. The van der Waals surface area contributed by atoms with Gasteiger partial charge in [-0.05, 0) is 25.7 Å². The molecule has 1 fully saturated rings. The summed E-state index contributed by atoms with van der Waals surface area (Å²) in [5, 5.41) is 3.40. The van der Waals surface area contributed by atoms with Crippen molar-refractivity contribution in [3.63, 3.8) is 0 Å². The molecule has 4 heteroatoms. The molecule has 0 unspecified atom stereocenters. The van der Waals surface area contributed by atoms with Crippen molar-refractivity contribution in [3.05, 3.63) is 11.4 Å². The molecule has 0 radical (unpaired) electrons. The van der Waals surface area contributed by atoms with Crippen molar-refractivity contribution in [2.24, 2.45) is 5.92 Å². The summed E-state index contributed by atoms with van der Waals surface area (Å²) in [7, 11) is 0. The molecule has 0 aromatic carbocycles. The first-order valence-electron chi connectivity index (χ1n) is 6.95. The lowest BCUT2D eigenvalue weighted by Gasteiger charge is -2.13. The van der Waals surface area contributed by atoms with Crippen LogP contribution in [0.25, 0.3) is 0 Å². The minimum absolute atomic E-state index is 0.305. The topological polar surface area (TPSA) is 63.8 Å². The van der Waals surface area contributed by atoms with Crippen LogP contribution in [0.5, 0.6) is 0 Å². The van der Waals surface area contributed by atoms with Crippen molar-refractivity contribution in [2.45, 2.75) is 52.4 Å². The molecular formula is C14H24N4. The van der Waals surface area contributed by atoms with Gasteiger partial charge < -0.3 is 11.1 Å². The number of nitrogens with one attached hydrogen (secondary N) is 1. The van der Waals surface area contributed by atoms with Gasteiger partial charge in [0.1, 0.15) is 17.5 Å². The Labute approximate surface area is 109 Å². The third kappa shape index (κ3) is 3.34. The lowest BCUT2D eigenvalue weighted by molar-refractivity contribution is 0.685. The van der Waals surface area contributed by atoms with E-state index in [9.17, 15) is 0 Å². The highest BCUT2D eigenvalue weighted by molar-refractivity contribution is 5.54. The highest BCUT2D eigenvalue weighted by atomic mass is 15.1. The van der Waals surface area contributed by atoms with E-state index in [1.807, 2.05) is 6.92 Å². The maximum absolute atomic E-state index is 5.93. The van der Waals surface area contributed by atoms with Crippen LogP contribution in [-0.4, -0.2) is 16.5 Å². The fourth-order valence-electron chi connectivity index (χ4n) is 1.99.